The summed E-state index contributed by atoms with van der Waals surface area (Å²) in [7, 11) is 0. The van der Waals surface area contributed by atoms with Gasteiger partial charge in [-0.2, -0.15) is 11.3 Å². The highest BCUT2D eigenvalue weighted by Gasteiger charge is 2.15. The van der Waals surface area contributed by atoms with Gasteiger partial charge in [-0.1, -0.05) is 17.7 Å². The number of benzene rings is 1. The molecule has 0 unspecified atom stereocenters. The van der Waals surface area contributed by atoms with Crippen LogP contribution in [0.25, 0.3) is 21.8 Å². The maximum atomic E-state index is 10.9. The number of halogens is 2. The van der Waals surface area contributed by atoms with E-state index in [0.717, 1.165) is 16.3 Å². The van der Waals surface area contributed by atoms with E-state index in [1.165, 1.54) is 23.5 Å². The number of aromatic nitrogens is 1. The monoisotopic (exact) mass is 358 g/mol. The number of nitrogens with zero attached hydrogens (tertiary/aromatic N) is 2. The van der Waals surface area contributed by atoms with Gasteiger partial charge >= 0.3 is 0 Å². The quantitative estimate of drug-likeness (QED) is 0.457. The second kappa shape index (κ2) is 6.53. The van der Waals surface area contributed by atoms with Crippen molar-refractivity contribution >= 4 is 52.4 Å². The van der Waals surface area contributed by atoms with Crippen LogP contribution in [-0.2, 0) is 0 Å². The van der Waals surface area contributed by atoms with Crippen LogP contribution in [0.4, 0.5) is 5.69 Å². The number of hydrogen-bond donors (Lipinski definition) is 0. The number of thiophene rings is 1. The van der Waals surface area contributed by atoms with Gasteiger partial charge in [0.2, 0.25) is 0 Å². The molecule has 0 N–H and O–H groups in total. The molecule has 3 rings (SSSR count). The summed E-state index contributed by atoms with van der Waals surface area (Å²) in [6, 6.07) is 6.72. The summed E-state index contributed by atoms with van der Waals surface area (Å²) in [6.07, 6.45) is 0. The van der Waals surface area contributed by atoms with Crippen LogP contribution < -0.4 is 0 Å². The zero-order valence-corrected chi connectivity index (χ0v) is 13.6. The van der Waals surface area contributed by atoms with Gasteiger partial charge in [0.25, 0.3) is 5.69 Å². The molecule has 0 aliphatic rings. The van der Waals surface area contributed by atoms with Crippen molar-refractivity contribution in [1.82, 2.24) is 4.98 Å². The van der Waals surface area contributed by atoms with Crippen molar-refractivity contribution in [2.45, 2.75) is 0 Å². The van der Waals surface area contributed by atoms with Gasteiger partial charge < -0.3 is 0 Å². The molecule has 108 valence electrons. The van der Waals surface area contributed by atoms with E-state index in [1.54, 1.807) is 17.4 Å². The maximum absolute atomic E-state index is 10.9. The largest absolute Gasteiger partial charge is 0.288 e. The minimum Gasteiger partial charge on any atom is -0.258 e. The van der Waals surface area contributed by atoms with E-state index in [0.29, 0.717) is 5.56 Å². The van der Waals surface area contributed by atoms with E-state index >= 15 is 0 Å². The van der Waals surface area contributed by atoms with Crippen molar-refractivity contribution in [2.24, 2.45) is 0 Å². The molecular formula is C13H8Cl2N2O2S2. The Morgan fingerprint density at radius 3 is 2.67 bits per heavy atom. The number of nitro benzene ring substituents is 1. The zero-order chi connectivity index (χ0) is 14.1. The molecule has 0 aliphatic carbocycles. The fourth-order valence-electron chi connectivity index (χ4n) is 1.74. The van der Waals surface area contributed by atoms with Crippen LogP contribution in [0.3, 0.4) is 0 Å². The van der Waals surface area contributed by atoms with Gasteiger partial charge in [-0.05, 0) is 17.5 Å². The van der Waals surface area contributed by atoms with E-state index in [2.05, 4.69) is 4.98 Å². The Morgan fingerprint density at radius 2 is 2.00 bits per heavy atom. The van der Waals surface area contributed by atoms with Crippen LogP contribution in [0.5, 0.6) is 0 Å². The Morgan fingerprint density at radius 1 is 1.19 bits per heavy atom. The Hall–Kier alpha value is -1.47. The fourth-order valence-corrected chi connectivity index (χ4v) is 3.46. The number of rotatable bonds is 3. The third-order valence-corrected chi connectivity index (χ3v) is 4.61. The normalized spacial score (nSPS) is 10.1. The predicted octanol–water partition coefficient (Wildman–Crippen LogP) is 5.52. The summed E-state index contributed by atoms with van der Waals surface area (Å²) in [5, 5.41) is 17.8. The van der Waals surface area contributed by atoms with Gasteiger partial charge in [-0.15, -0.1) is 23.7 Å². The third-order valence-electron chi connectivity index (χ3n) is 2.71. The molecule has 0 spiro atoms. The number of hydrogen-bond acceptors (Lipinski definition) is 5. The first kappa shape index (κ1) is 15.9. The Labute approximate surface area is 139 Å². The van der Waals surface area contributed by atoms with Gasteiger partial charge in [0.1, 0.15) is 10.0 Å². The highest BCUT2D eigenvalue weighted by molar-refractivity contribution is 7.14. The van der Waals surface area contributed by atoms with Crippen molar-refractivity contribution in [3.05, 3.63) is 55.5 Å². The lowest BCUT2D eigenvalue weighted by molar-refractivity contribution is -0.384. The van der Waals surface area contributed by atoms with Crippen LogP contribution in [0.2, 0.25) is 5.02 Å². The SMILES string of the molecule is Cl.O=[N+]([O-])c1cc(-c2csc(-c3ccsc3)n2)ccc1Cl. The molecule has 8 heteroatoms. The van der Waals surface area contributed by atoms with E-state index in [1.807, 2.05) is 22.2 Å². The van der Waals surface area contributed by atoms with Gasteiger partial charge in [0, 0.05) is 28.0 Å². The van der Waals surface area contributed by atoms with Crippen LogP contribution in [0, 0.1) is 10.1 Å². The van der Waals surface area contributed by atoms with E-state index in [9.17, 15) is 10.1 Å². The van der Waals surface area contributed by atoms with Gasteiger partial charge in [0.15, 0.2) is 0 Å². The van der Waals surface area contributed by atoms with E-state index in [-0.39, 0.29) is 23.1 Å². The number of thiazole rings is 1. The van der Waals surface area contributed by atoms with Crippen LogP contribution in [0.15, 0.2) is 40.4 Å². The lowest BCUT2D eigenvalue weighted by Gasteiger charge is -1.99. The fraction of sp³-hybridized carbons (Fsp3) is 0. The van der Waals surface area contributed by atoms with E-state index < -0.39 is 4.92 Å². The average molecular weight is 359 g/mol. The molecule has 1 aromatic carbocycles. The summed E-state index contributed by atoms with van der Waals surface area (Å²) >= 11 is 8.93. The highest BCUT2D eigenvalue weighted by atomic mass is 35.5. The minimum absolute atomic E-state index is 0. The van der Waals surface area contributed by atoms with Gasteiger partial charge in [-0.3, -0.25) is 10.1 Å². The molecule has 21 heavy (non-hydrogen) atoms. The summed E-state index contributed by atoms with van der Waals surface area (Å²) in [5.41, 5.74) is 2.37. The summed E-state index contributed by atoms with van der Waals surface area (Å²) in [5.74, 6) is 0. The second-order valence-electron chi connectivity index (χ2n) is 3.97. The summed E-state index contributed by atoms with van der Waals surface area (Å²) in [6.45, 7) is 0. The third kappa shape index (κ3) is 3.24. The lowest BCUT2D eigenvalue weighted by atomic mass is 10.1. The van der Waals surface area contributed by atoms with E-state index in [4.69, 9.17) is 11.6 Å². The first-order valence-corrected chi connectivity index (χ1v) is 7.77. The molecule has 2 heterocycles. The van der Waals surface area contributed by atoms with Crippen LogP contribution >= 0.6 is 46.7 Å². The second-order valence-corrected chi connectivity index (χ2v) is 6.02. The van der Waals surface area contributed by atoms with Crippen molar-refractivity contribution in [3.8, 4) is 21.8 Å². The van der Waals surface area contributed by atoms with Crippen LogP contribution in [-0.4, -0.2) is 9.91 Å². The topological polar surface area (TPSA) is 56.0 Å². The zero-order valence-electron chi connectivity index (χ0n) is 10.4. The van der Waals surface area contributed by atoms with Gasteiger partial charge in [-0.25, -0.2) is 4.98 Å². The van der Waals surface area contributed by atoms with Crippen molar-refractivity contribution < 1.29 is 4.92 Å². The molecule has 4 nitrogen and oxygen atoms in total. The maximum Gasteiger partial charge on any atom is 0.288 e. The highest BCUT2D eigenvalue weighted by Crippen LogP contribution is 2.33. The molecule has 2 aromatic heterocycles. The Bertz CT molecular complexity index is 772. The standard InChI is InChI=1S/C13H7ClN2O2S2.ClH/c14-10-2-1-8(5-12(10)16(17)18)11-7-20-13(15-11)9-3-4-19-6-9;/h1-7H;1H. The first-order valence-electron chi connectivity index (χ1n) is 5.57. The van der Waals surface area contributed by atoms with Crippen molar-refractivity contribution in [2.75, 3.05) is 0 Å². The summed E-state index contributed by atoms with van der Waals surface area (Å²) < 4.78 is 0. The van der Waals surface area contributed by atoms with Crippen molar-refractivity contribution in [1.29, 1.82) is 0 Å². The van der Waals surface area contributed by atoms with Crippen molar-refractivity contribution in [3.63, 3.8) is 0 Å². The molecular weight excluding hydrogens is 351 g/mol. The molecule has 0 saturated carbocycles. The molecule has 0 atom stereocenters. The Balaban J connectivity index is 0.00000161. The first-order chi connectivity index (χ1) is 9.65. The molecule has 0 fully saturated rings. The predicted molar refractivity (Wildman–Crippen MR) is 89.8 cm³/mol. The molecule has 0 bridgehead atoms. The molecule has 0 radical (unpaired) electrons. The molecule has 0 amide bonds. The summed E-state index contributed by atoms with van der Waals surface area (Å²) in [4.78, 5) is 14.9. The molecule has 3 aromatic rings. The van der Waals surface area contributed by atoms with Gasteiger partial charge in [0.05, 0.1) is 10.6 Å². The number of nitro groups is 1. The smallest absolute Gasteiger partial charge is 0.258 e. The minimum atomic E-state index is -0.488. The average Bonchev–Trinajstić information content (AvgIpc) is 3.09. The molecule has 0 aliphatic heterocycles. The van der Waals surface area contributed by atoms with Crippen LogP contribution in [0.1, 0.15) is 0 Å². The lowest BCUT2D eigenvalue weighted by Crippen LogP contribution is -1.90. The Kier molecular flexibility index (Phi) is 4.95. The molecule has 0 saturated heterocycles.